The Morgan fingerprint density at radius 1 is 1.37 bits per heavy atom. The van der Waals surface area contributed by atoms with Crippen LogP contribution in [0.2, 0.25) is 0 Å². The fourth-order valence-corrected chi connectivity index (χ4v) is 1.33. The van der Waals surface area contributed by atoms with Crippen LogP contribution in [-0.2, 0) is 16.1 Å². The molecule has 0 aliphatic carbocycles. The molecule has 1 aromatic carbocycles. The topological polar surface area (TPSA) is 64.3 Å². The molecular weight excluding hydrogens is 261 g/mol. The summed E-state index contributed by atoms with van der Waals surface area (Å²) < 4.78 is 40.1. The maximum atomic E-state index is 11.8. The SMILES string of the molecule is NCc1cccc(NC(=O)COCCC(F)(F)F)c1. The number of hydrogen-bond acceptors (Lipinski definition) is 3. The van der Waals surface area contributed by atoms with Crippen molar-refractivity contribution in [2.75, 3.05) is 18.5 Å². The minimum atomic E-state index is -4.27. The Morgan fingerprint density at radius 3 is 2.74 bits per heavy atom. The lowest BCUT2D eigenvalue weighted by Gasteiger charge is -2.08. The van der Waals surface area contributed by atoms with Gasteiger partial charge in [0.25, 0.3) is 0 Å². The van der Waals surface area contributed by atoms with Gasteiger partial charge < -0.3 is 15.8 Å². The molecule has 0 heterocycles. The zero-order valence-electron chi connectivity index (χ0n) is 10.2. The number of ether oxygens (including phenoxy) is 1. The maximum Gasteiger partial charge on any atom is 0.391 e. The molecule has 4 nitrogen and oxygen atoms in total. The number of hydrogen-bond donors (Lipinski definition) is 2. The molecule has 0 aromatic heterocycles. The van der Waals surface area contributed by atoms with Crippen LogP contribution in [0.15, 0.2) is 24.3 Å². The Balaban J connectivity index is 2.31. The summed E-state index contributed by atoms with van der Waals surface area (Å²) in [5.41, 5.74) is 6.82. The molecule has 1 aromatic rings. The van der Waals surface area contributed by atoms with Gasteiger partial charge in [0, 0.05) is 12.2 Å². The van der Waals surface area contributed by atoms with Crippen LogP contribution in [-0.4, -0.2) is 25.3 Å². The molecule has 0 atom stereocenters. The summed E-state index contributed by atoms with van der Waals surface area (Å²) in [6, 6.07) is 6.87. The van der Waals surface area contributed by atoms with E-state index in [1.807, 2.05) is 0 Å². The fraction of sp³-hybridized carbons (Fsp3) is 0.417. The van der Waals surface area contributed by atoms with Crippen molar-refractivity contribution in [3.05, 3.63) is 29.8 Å². The van der Waals surface area contributed by atoms with E-state index in [1.54, 1.807) is 24.3 Å². The van der Waals surface area contributed by atoms with Crippen molar-refractivity contribution < 1.29 is 22.7 Å². The molecule has 0 saturated heterocycles. The van der Waals surface area contributed by atoms with Crippen molar-refractivity contribution in [2.24, 2.45) is 5.73 Å². The second-order valence-corrected chi connectivity index (χ2v) is 3.87. The number of rotatable bonds is 6. The third kappa shape index (κ3) is 6.78. The third-order valence-electron chi connectivity index (χ3n) is 2.21. The highest BCUT2D eigenvalue weighted by atomic mass is 19.4. The molecule has 3 N–H and O–H groups in total. The Bertz CT molecular complexity index is 422. The van der Waals surface area contributed by atoms with Crippen LogP contribution >= 0.6 is 0 Å². The molecule has 0 aliphatic heterocycles. The van der Waals surface area contributed by atoms with Crippen molar-refractivity contribution in [1.29, 1.82) is 0 Å². The molecule has 0 saturated carbocycles. The van der Waals surface area contributed by atoms with Gasteiger partial charge in [0.15, 0.2) is 0 Å². The average Bonchev–Trinajstić information content (AvgIpc) is 2.34. The van der Waals surface area contributed by atoms with Gasteiger partial charge in [-0.05, 0) is 17.7 Å². The number of alkyl halides is 3. The molecule has 0 spiro atoms. The average molecular weight is 276 g/mol. The highest BCUT2D eigenvalue weighted by Gasteiger charge is 2.26. The van der Waals surface area contributed by atoms with E-state index < -0.39 is 31.7 Å². The number of amides is 1. The molecule has 0 unspecified atom stereocenters. The second-order valence-electron chi connectivity index (χ2n) is 3.87. The van der Waals surface area contributed by atoms with Gasteiger partial charge >= 0.3 is 6.18 Å². The minimum Gasteiger partial charge on any atom is -0.371 e. The van der Waals surface area contributed by atoms with Gasteiger partial charge in [0.05, 0.1) is 13.0 Å². The number of halogens is 3. The molecular formula is C12H15F3N2O2. The number of anilines is 1. The summed E-state index contributed by atoms with van der Waals surface area (Å²) in [5, 5.41) is 2.51. The largest absolute Gasteiger partial charge is 0.391 e. The van der Waals surface area contributed by atoms with Crippen LogP contribution in [0, 0.1) is 0 Å². The first kappa shape index (κ1) is 15.5. The molecule has 0 bridgehead atoms. The van der Waals surface area contributed by atoms with Crippen molar-refractivity contribution in [3.63, 3.8) is 0 Å². The predicted octanol–water partition coefficient (Wildman–Crippen LogP) is 2.05. The highest BCUT2D eigenvalue weighted by molar-refractivity contribution is 5.91. The summed E-state index contributed by atoms with van der Waals surface area (Å²) in [5.74, 6) is -0.503. The summed E-state index contributed by atoms with van der Waals surface area (Å²) in [6.45, 7) is -0.603. The monoisotopic (exact) mass is 276 g/mol. The highest BCUT2D eigenvalue weighted by Crippen LogP contribution is 2.18. The van der Waals surface area contributed by atoms with Crippen molar-refractivity contribution in [2.45, 2.75) is 19.1 Å². The quantitative estimate of drug-likeness (QED) is 0.782. The number of benzene rings is 1. The number of nitrogens with one attached hydrogen (secondary N) is 1. The summed E-state index contributed by atoms with van der Waals surface area (Å²) in [4.78, 5) is 11.4. The van der Waals surface area contributed by atoms with E-state index in [2.05, 4.69) is 10.1 Å². The van der Waals surface area contributed by atoms with E-state index in [4.69, 9.17) is 5.73 Å². The summed E-state index contributed by atoms with van der Waals surface area (Å²) in [7, 11) is 0. The molecule has 7 heteroatoms. The van der Waals surface area contributed by atoms with Crippen molar-refractivity contribution >= 4 is 11.6 Å². The Kier molecular flexibility index (Phi) is 5.78. The van der Waals surface area contributed by atoms with Crippen LogP contribution in [0.5, 0.6) is 0 Å². The lowest BCUT2D eigenvalue weighted by molar-refractivity contribution is -0.147. The molecule has 0 aliphatic rings. The van der Waals surface area contributed by atoms with E-state index in [9.17, 15) is 18.0 Å². The third-order valence-corrected chi connectivity index (χ3v) is 2.21. The lowest BCUT2D eigenvalue weighted by Crippen LogP contribution is -2.20. The molecule has 106 valence electrons. The normalized spacial score (nSPS) is 11.4. The van der Waals surface area contributed by atoms with Gasteiger partial charge in [0.2, 0.25) is 5.91 Å². The van der Waals surface area contributed by atoms with E-state index in [0.29, 0.717) is 12.2 Å². The van der Waals surface area contributed by atoms with E-state index >= 15 is 0 Å². The molecule has 1 rings (SSSR count). The van der Waals surface area contributed by atoms with Gasteiger partial charge in [-0.3, -0.25) is 4.79 Å². The second kappa shape index (κ2) is 7.10. The van der Waals surface area contributed by atoms with Crippen LogP contribution in [0.4, 0.5) is 18.9 Å². The molecule has 0 radical (unpaired) electrons. The number of nitrogens with two attached hydrogens (primary N) is 1. The fourth-order valence-electron chi connectivity index (χ4n) is 1.33. The van der Waals surface area contributed by atoms with E-state index in [1.165, 1.54) is 0 Å². The molecule has 19 heavy (non-hydrogen) atoms. The lowest BCUT2D eigenvalue weighted by atomic mass is 10.2. The van der Waals surface area contributed by atoms with Crippen LogP contribution < -0.4 is 11.1 Å². The summed E-state index contributed by atoms with van der Waals surface area (Å²) in [6.07, 6.45) is -5.34. The number of carbonyl (C=O) groups excluding carboxylic acids is 1. The predicted molar refractivity (Wildman–Crippen MR) is 64.5 cm³/mol. The first-order chi connectivity index (χ1) is 8.90. The van der Waals surface area contributed by atoms with Gasteiger partial charge in [-0.15, -0.1) is 0 Å². The number of carbonyl (C=O) groups is 1. The zero-order chi connectivity index (χ0) is 14.3. The smallest absolute Gasteiger partial charge is 0.371 e. The zero-order valence-corrected chi connectivity index (χ0v) is 10.2. The molecule has 0 fully saturated rings. The van der Waals surface area contributed by atoms with Gasteiger partial charge in [-0.2, -0.15) is 13.2 Å². The Hall–Kier alpha value is -1.60. The van der Waals surface area contributed by atoms with Crippen LogP contribution in [0.1, 0.15) is 12.0 Å². The first-order valence-electron chi connectivity index (χ1n) is 5.64. The van der Waals surface area contributed by atoms with Crippen molar-refractivity contribution in [1.82, 2.24) is 0 Å². The van der Waals surface area contributed by atoms with Gasteiger partial charge in [0.1, 0.15) is 6.61 Å². The standard InChI is InChI=1S/C12H15F3N2O2/c13-12(14,15)4-5-19-8-11(18)17-10-3-1-2-9(6-10)7-16/h1-3,6H,4-5,7-8,16H2,(H,17,18). The maximum absolute atomic E-state index is 11.8. The first-order valence-corrected chi connectivity index (χ1v) is 5.64. The van der Waals surface area contributed by atoms with Gasteiger partial charge in [-0.1, -0.05) is 12.1 Å². The van der Waals surface area contributed by atoms with Crippen LogP contribution in [0.3, 0.4) is 0 Å². The van der Waals surface area contributed by atoms with E-state index in [0.717, 1.165) is 5.56 Å². The molecule has 1 amide bonds. The van der Waals surface area contributed by atoms with Crippen LogP contribution in [0.25, 0.3) is 0 Å². The minimum absolute atomic E-state index is 0.339. The Labute approximate surface area is 108 Å². The van der Waals surface area contributed by atoms with E-state index in [-0.39, 0.29) is 0 Å². The van der Waals surface area contributed by atoms with Gasteiger partial charge in [-0.25, -0.2) is 0 Å². The van der Waals surface area contributed by atoms with Crippen molar-refractivity contribution in [3.8, 4) is 0 Å². The summed E-state index contributed by atoms with van der Waals surface area (Å²) >= 11 is 0. The Morgan fingerprint density at radius 2 is 2.11 bits per heavy atom.